The Bertz CT molecular complexity index is 968. The average Bonchev–Trinajstić information content (AvgIpc) is 2.74. The lowest BCUT2D eigenvalue weighted by molar-refractivity contribution is 0.427. The highest BCUT2D eigenvalue weighted by Crippen LogP contribution is 2.39. The van der Waals surface area contributed by atoms with Gasteiger partial charge in [-0.3, -0.25) is 9.78 Å². The second kappa shape index (κ2) is 5.68. The fraction of sp³-hybridized carbons (Fsp3) is 0.250. The third kappa shape index (κ3) is 2.73. The number of fused-ring (bicyclic) bond motifs is 1. The van der Waals surface area contributed by atoms with E-state index in [1.54, 1.807) is 11.5 Å². The van der Waals surface area contributed by atoms with Crippen LogP contribution in [0, 0.1) is 13.8 Å². The van der Waals surface area contributed by atoms with Gasteiger partial charge in [-0.05, 0) is 32.9 Å². The molecule has 0 amide bonds. The number of nitrogens with zero attached hydrogens (tertiary/aromatic N) is 4. The predicted octanol–water partition coefficient (Wildman–Crippen LogP) is 3.48. The van der Waals surface area contributed by atoms with Crippen LogP contribution in [0.5, 0.6) is 5.88 Å². The Kier molecular flexibility index (Phi) is 3.69. The second-order valence-electron chi connectivity index (χ2n) is 5.35. The number of hydrogen-bond donors (Lipinski definition) is 2. The Balaban J connectivity index is 2.15. The van der Waals surface area contributed by atoms with Crippen LogP contribution < -0.4 is 5.56 Å². The maximum Gasteiger partial charge on any atom is 0.252 e. The third-order valence-electron chi connectivity index (χ3n) is 3.58. The van der Waals surface area contributed by atoms with E-state index in [1.165, 1.54) is 6.07 Å². The van der Waals surface area contributed by atoms with Crippen LogP contribution in [0.25, 0.3) is 10.9 Å². The van der Waals surface area contributed by atoms with Gasteiger partial charge in [0, 0.05) is 23.7 Å². The van der Waals surface area contributed by atoms with Crippen molar-refractivity contribution in [1.29, 1.82) is 0 Å². The first-order valence-corrected chi connectivity index (χ1v) is 7.31. The van der Waals surface area contributed by atoms with Crippen molar-refractivity contribution >= 4 is 22.5 Å². The Morgan fingerprint density at radius 2 is 2.04 bits per heavy atom. The molecule has 0 aliphatic heterocycles. The van der Waals surface area contributed by atoms with Crippen molar-refractivity contribution in [2.45, 2.75) is 27.3 Å². The van der Waals surface area contributed by atoms with Crippen molar-refractivity contribution in [3.05, 3.63) is 45.9 Å². The van der Waals surface area contributed by atoms with Crippen LogP contribution in [-0.4, -0.2) is 19.6 Å². The van der Waals surface area contributed by atoms with Gasteiger partial charge >= 0.3 is 0 Å². The Morgan fingerprint density at radius 3 is 2.74 bits per heavy atom. The predicted molar refractivity (Wildman–Crippen MR) is 87.8 cm³/mol. The van der Waals surface area contributed by atoms with Crippen molar-refractivity contribution in [2.24, 2.45) is 10.2 Å². The van der Waals surface area contributed by atoms with E-state index in [9.17, 15) is 9.90 Å². The number of aromatic nitrogens is 3. The molecule has 0 spiro atoms. The van der Waals surface area contributed by atoms with E-state index in [0.29, 0.717) is 17.9 Å². The lowest BCUT2D eigenvalue weighted by Crippen LogP contribution is -2.05. The first kappa shape index (κ1) is 15.0. The molecule has 3 aromatic rings. The number of azo groups is 1. The topological polar surface area (TPSA) is 95.6 Å². The molecule has 118 valence electrons. The summed E-state index contributed by atoms with van der Waals surface area (Å²) in [5.41, 5.74) is 2.58. The molecule has 3 rings (SSSR count). The van der Waals surface area contributed by atoms with Gasteiger partial charge in [-0.25, -0.2) is 4.98 Å². The molecule has 2 heterocycles. The zero-order chi connectivity index (χ0) is 16.6. The van der Waals surface area contributed by atoms with Crippen molar-refractivity contribution in [1.82, 2.24) is 14.5 Å². The fourth-order valence-corrected chi connectivity index (χ4v) is 2.56. The van der Waals surface area contributed by atoms with Gasteiger partial charge in [0.15, 0.2) is 5.69 Å². The van der Waals surface area contributed by atoms with Crippen molar-refractivity contribution in [2.75, 3.05) is 0 Å². The van der Waals surface area contributed by atoms with E-state index >= 15 is 0 Å². The summed E-state index contributed by atoms with van der Waals surface area (Å²) in [5, 5.41) is 19.3. The van der Waals surface area contributed by atoms with E-state index in [4.69, 9.17) is 0 Å². The molecule has 7 nitrogen and oxygen atoms in total. The number of benzene rings is 1. The maximum absolute atomic E-state index is 11.4. The number of aryl methyl sites for hydroxylation is 3. The molecule has 0 saturated heterocycles. The Hall–Kier alpha value is -2.96. The number of aromatic amines is 1. The molecule has 0 aliphatic carbocycles. The van der Waals surface area contributed by atoms with Crippen LogP contribution in [0.1, 0.15) is 18.2 Å². The summed E-state index contributed by atoms with van der Waals surface area (Å²) in [6.07, 6.45) is 0. The number of nitrogens with one attached hydrogen (secondary N) is 1. The summed E-state index contributed by atoms with van der Waals surface area (Å²) in [7, 11) is 0. The molecule has 0 atom stereocenters. The van der Waals surface area contributed by atoms with E-state index in [2.05, 4.69) is 20.2 Å². The fourth-order valence-electron chi connectivity index (χ4n) is 2.56. The second-order valence-corrected chi connectivity index (χ2v) is 5.35. The minimum absolute atomic E-state index is 0.0480. The van der Waals surface area contributed by atoms with Crippen molar-refractivity contribution < 1.29 is 5.11 Å². The monoisotopic (exact) mass is 311 g/mol. The van der Waals surface area contributed by atoms with Gasteiger partial charge in [-0.1, -0.05) is 11.6 Å². The molecule has 2 N–H and O–H groups in total. The summed E-state index contributed by atoms with van der Waals surface area (Å²) in [6.45, 7) is 6.23. The van der Waals surface area contributed by atoms with Gasteiger partial charge in [-0.15, -0.1) is 10.2 Å². The van der Waals surface area contributed by atoms with Crippen LogP contribution >= 0.6 is 0 Å². The molecule has 7 heteroatoms. The van der Waals surface area contributed by atoms with Crippen LogP contribution in [0.15, 0.2) is 39.3 Å². The minimum Gasteiger partial charge on any atom is -0.493 e. The SMILES string of the molecule is CCn1c(O)c(N=Nc2nc(C)cc(=O)[nH]2)c2cc(C)ccc21. The summed E-state index contributed by atoms with van der Waals surface area (Å²) in [4.78, 5) is 18.0. The smallest absolute Gasteiger partial charge is 0.252 e. The first-order chi connectivity index (χ1) is 11.0. The van der Waals surface area contributed by atoms with Crippen LogP contribution in [0.4, 0.5) is 11.6 Å². The Morgan fingerprint density at radius 1 is 1.26 bits per heavy atom. The van der Waals surface area contributed by atoms with Gasteiger partial charge in [0.25, 0.3) is 5.56 Å². The molecule has 23 heavy (non-hydrogen) atoms. The highest BCUT2D eigenvalue weighted by molar-refractivity contribution is 5.95. The van der Waals surface area contributed by atoms with Crippen molar-refractivity contribution in [3.63, 3.8) is 0 Å². The Labute approximate surface area is 132 Å². The molecular weight excluding hydrogens is 294 g/mol. The first-order valence-electron chi connectivity index (χ1n) is 7.31. The molecular formula is C16H17N5O2. The molecule has 0 radical (unpaired) electrons. The van der Waals surface area contributed by atoms with Gasteiger partial charge in [0.1, 0.15) is 0 Å². The number of H-pyrrole nitrogens is 1. The standard InChI is InChI=1S/C16H17N5O2/c1-4-21-12-6-5-9(2)7-11(12)14(15(21)23)19-20-16-17-10(3)8-13(22)18-16/h5-8,23H,4H2,1-3H3,(H,17,18,22). The molecule has 0 saturated carbocycles. The normalized spacial score (nSPS) is 11.6. The molecule has 2 aromatic heterocycles. The van der Waals surface area contributed by atoms with Crippen LogP contribution in [0.2, 0.25) is 0 Å². The van der Waals surface area contributed by atoms with Gasteiger partial charge in [0.05, 0.1) is 5.52 Å². The molecule has 0 bridgehead atoms. The molecule has 0 aliphatic rings. The van der Waals surface area contributed by atoms with Gasteiger partial charge < -0.3 is 9.67 Å². The van der Waals surface area contributed by atoms with E-state index in [0.717, 1.165) is 16.5 Å². The quantitative estimate of drug-likeness (QED) is 0.725. The largest absolute Gasteiger partial charge is 0.493 e. The van der Waals surface area contributed by atoms with E-state index in [-0.39, 0.29) is 17.4 Å². The van der Waals surface area contributed by atoms with Gasteiger partial charge in [-0.2, -0.15) is 0 Å². The summed E-state index contributed by atoms with van der Waals surface area (Å²) in [5.74, 6) is 0.159. The number of rotatable bonds is 3. The summed E-state index contributed by atoms with van der Waals surface area (Å²) in [6, 6.07) is 7.25. The van der Waals surface area contributed by atoms with E-state index in [1.807, 2.05) is 32.0 Å². The third-order valence-corrected chi connectivity index (χ3v) is 3.58. The zero-order valence-corrected chi connectivity index (χ0v) is 13.2. The number of hydrogen-bond acceptors (Lipinski definition) is 5. The molecule has 0 fully saturated rings. The zero-order valence-electron chi connectivity index (χ0n) is 13.2. The van der Waals surface area contributed by atoms with Gasteiger partial charge in [0.2, 0.25) is 11.8 Å². The summed E-state index contributed by atoms with van der Waals surface area (Å²) < 4.78 is 1.76. The van der Waals surface area contributed by atoms with E-state index < -0.39 is 0 Å². The van der Waals surface area contributed by atoms with Crippen LogP contribution in [0.3, 0.4) is 0 Å². The molecule has 1 aromatic carbocycles. The average molecular weight is 311 g/mol. The van der Waals surface area contributed by atoms with Crippen LogP contribution in [-0.2, 0) is 6.54 Å². The minimum atomic E-state index is -0.289. The molecule has 0 unspecified atom stereocenters. The summed E-state index contributed by atoms with van der Waals surface area (Å²) >= 11 is 0. The van der Waals surface area contributed by atoms with Crippen molar-refractivity contribution in [3.8, 4) is 5.88 Å². The highest BCUT2D eigenvalue weighted by atomic mass is 16.3. The number of aromatic hydroxyl groups is 1. The highest BCUT2D eigenvalue weighted by Gasteiger charge is 2.15. The lowest BCUT2D eigenvalue weighted by Gasteiger charge is -2.01. The maximum atomic E-state index is 11.4. The lowest BCUT2D eigenvalue weighted by atomic mass is 10.1.